The van der Waals surface area contributed by atoms with Crippen LogP contribution in [0.5, 0.6) is 0 Å². The summed E-state index contributed by atoms with van der Waals surface area (Å²) in [6, 6.07) is 13.3. The number of rotatable bonds is 7. The minimum atomic E-state index is -0.455. The lowest BCUT2D eigenvalue weighted by Crippen LogP contribution is -2.16. The number of aromatic nitrogens is 4. The van der Waals surface area contributed by atoms with Crippen LogP contribution in [-0.4, -0.2) is 43.8 Å². The van der Waals surface area contributed by atoms with Crippen LogP contribution in [0, 0.1) is 13.8 Å². The Morgan fingerprint density at radius 1 is 1.16 bits per heavy atom. The summed E-state index contributed by atoms with van der Waals surface area (Å²) in [6.45, 7) is 5.77. The van der Waals surface area contributed by atoms with Crippen LogP contribution in [-0.2, 0) is 9.53 Å². The smallest absolute Gasteiger partial charge is 0.350 e. The fourth-order valence-electron chi connectivity index (χ4n) is 3.19. The average Bonchev–Trinajstić information content (AvgIpc) is 3.37. The van der Waals surface area contributed by atoms with Crippen molar-refractivity contribution in [2.75, 3.05) is 17.7 Å². The number of nitrogens with one attached hydrogen (secondary N) is 1. The zero-order valence-corrected chi connectivity index (χ0v) is 19.4. The van der Waals surface area contributed by atoms with Gasteiger partial charge in [0.1, 0.15) is 10.7 Å². The number of esters is 1. The maximum absolute atomic E-state index is 12.7. The molecule has 0 radical (unpaired) electrons. The molecule has 0 bridgehead atoms. The Labute approximate surface area is 193 Å². The topological polar surface area (TPSA) is 98.5 Å². The van der Waals surface area contributed by atoms with Gasteiger partial charge in [0.2, 0.25) is 5.91 Å². The van der Waals surface area contributed by atoms with E-state index in [9.17, 15) is 9.59 Å². The standard InChI is InChI=1S/C22H21N5O3S2/c1-4-30-21(29)20-16(11-17(32-20)15-8-6-5-7-9-15)24-19(28)12-31-22-26-25-18-10-13(2)23-14(3)27(18)22/h5-11H,4,12H2,1-3H3,(H,24,28). The number of carbonyl (C=O) groups excluding carboxylic acids is 2. The number of benzene rings is 1. The maximum Gasteiger partial charge on any atom is 0.350 e. The molecule has 164 valence electrons. The molecule has 4 rings (SSSR count). The van der Waals surface area contributed by atoms with Crippen molar-refractivity contribution in [2.45, 2.75) is 25.9 Å². The first-order chi connectivity index (χ1) is 15.5. The molecule has 3 aromatic heterocycles. The fourth-order valence-corrected chi connectivity index (χ4v) is 4.99. The molecule has 0 atom stereocenters. The molecule has 0 fully saturated rings. The van der Waals surface area contributed by atoms with Gasteiger partial charge in [0.15, 0.2) is 10.8 Å². The number of carbonyl (C=O) groups is 2. The van der Waals surface area contributed by atoms with Gasteiger partial charge in [0.25, 0.3) is 0 Å². The lowest BCUT2D eigenvalue weighted by Gasteiger charge is -2.06. The fraction of sp³-hybridized carbons (Fsp3) is 0.227. The minimum Gasteiger partial charge on any atom is -0.462 e. The zero-order valence-electron chi connectivity index (χ0n) is 17.8. The summed E-state index contributed by atoms with van der Waals surface area (Å²) in [4.78, 5) is 30.8. The molecule has 32 heavy (non-hydrogen) atoms. The summed E-state index contributed by atoms with van der Waals surface area (Å²) in [5, 5.41) is 11.8. The summed E-state index contributed by atoms with van der Waals surface area (Å²) >= 11 is 2.55. The van der Waals surface area contributed by atoms with Gasteiger partial charge in [0.05, 0.1) is 18.0 Å². The second-order valence-corrected chi connectivity index (χ2v) is 8.89. The molecule has 1 aromatic carbocycles. The minimum absolute atomic E-state index is 0.104. The molecule has 0 unspecified atom stereocenters. The number of nitrogens with zero attached hydrogens (tertiary/aromatic N) is 4. The number of hydrogen-bond acceptors (Lipinski definition) is 8. The SMILES string of the molecule is CCOC(=O)c1sc(-c2ccccc2)cc1NC(=O)CSc1nnc2cc(C)nc(C)n12. The van der Waals surface area contributed by atoms with Gasteiger partial charge < -0.3 is 10.1 Å². The lowest BCUT2D eigenvalue weighted by atomic mass is 10.2. The Morgan fingerprint density at radius 3 is 2.69 bits per heavy atom. The van der Waals surface area contributed by atoms with Crippen molar-refractivity contribution in [1.82, 2.24) is 19.6 Å². The van der Waals surface area contributed by atoms with Gasteiger partial charge in [-0.25, -0.2) is 9.78 Å². The van der Waals surface area contributed by atoms with E-state index in [4.69, 9.17) is 4.74 Å². The average molecular weight is 468 g/mol. The van der Waals surface area contributed by atoms with Crippen LogP contribution in [0.4, 0.5) is 5.69 Å². The third kappa shape index (κ3) is 4.66. The Hall–Kier alpha value is -3.24. The Kier molecular flexibility index (Phi) is 6.52. The van der Waals surface area contributed by atoms with Gasteiger partial charge in [0, 0.05) is 16.6 Å². The Bertz CT molecular complexity index is 1280. The quantitative estimate of drug-likeness (QED) is 0.318. The second-order valence-electron chi connectivity index (χ2n) is 6.90. The number of anilines is 1. The van der Waals surface area contributed by atoms with Crippen LogP contribution < -0.4 is 5.32 Å². The molecule has 0 aliphatic carbocycles. The van der Waals surface area contributed by atoms with Crippen molar-refractivity contribution in [3.63, 3.8) is 0 Å². The van der Waals surface area contributed by atoms with Gasteiger partial charge in [-0.2, -0.15) is 0 Å². The van der Waals surface area contributed by atoms with Gasteiger partial charge in [-0.1, -0.05) is 42.1 Å². The van der Waals surface area contributed by atoms with E-state index < -0.39 is 5.97 Å². The molecular formula is C22H21N5O3S2. The number of thiophene rings is 1. The molecule has 0 saturated heterocycles. The van der Waals surface area contributed by atoms with Gasteiger partial charge in [-0.05, 0) is 32.4 Å². The van der Waals surface area contributed by atoms with Crippen molar-refractivity contribution in [2.24, 2.45) is 0 Å². The highest BCUT2D eigenvalue weighted by Gasteiger charge is 2.20. The van der Waals surface area contributed by atoms with E-state index in [1.807, 2.05) is 54.6 Å². The van der Waals surface area contributed by atoms with Crippen LogP contribution in [0.25, 0.3) is 16.1 Å². The Balaban J connectivity index is 1.52. The van der Waals surface area contributed by atoms with Crippen LogP contribution in [0.1, 0.15) is 28.1 Å². The number of amides is 1. The molecule has 0 saturated carbocycles. The van der Waals surface area contributed by atoms with E-state index in [2.05, 4.69) is 20.5 Å². The van der Waals surface area contributed by atoms with Gasteiger partial charge in [-0.15, -0.1) is 21.5 Å². The predicted octanol–water partition coefficient (Wildman–Crippen LogP) is 4.38. The van der Waals surface area contributed by atoms with Crippen LogP contribution >= 0.6 is 23.1 Å². The molecule has 1 amide bonds. The monoisotopic (exact) mass is 467 g/mol. The van der Waals surface area contributed by atoms with E-state index in [0.29, 0.717) is 21.4 Å². The highest BCUT2D eigenvalue weighted by Crippen LogP contribution is 2.35. The Morgan fingerprint density at radius 2 is 1.94 bits per heavy atom. The zero-order chi connectivity index (χ0) is 22.7. The van der Waals surface area contributed by atoms with E-state index in [1.54, 1.807) is 13.0 Å². The molecule has 0 aliphatic rings. The van der Waals surface area contributed by atoms with Crippen LogP contribution in [0.2, 0.25) is 0 Å². The largest absolute Gasteiger partial charge is 0.462 e. The molecule has 4 aromatic rings. The first-order valence-corrected chi connectivity index (χ1v) is 11.7. The normalized spacial score (nSPS) is 11.0. The van der Waals surface area contributed by atoms with E-state index >= 15 is 0 Å². The van der Waals surface area contributed by atoms with Crippen molar-refractivity contribution in [3.8, 4) is 10.4 Å². The number of hydrogen-bond donors (Lipinski definition) is 1. The van der Waals surface area contributed by atoms with Crippen LogP contribution in [0.15, 0.2) is 47.6 Å². The molecule has 0 aliphatic heterocycles. The summed E-state index contributed by atoms with van der Waals surface area (Å²) < 4.78 is 6.99. The second kappa shape index (κ2) is 9.49. The molecule has 0 spiro atoms. The molecular weight excluding hydrogens is 446 g/mol. The predicted molar refractivity (Wildman–Crippen MR) is 125 cm³/mol. The van der Waals surface area contributed by atoms with Gasteiger partial charge >= 0.3 is 5.97 Å². The summed E-state index contributed by atoms with van der Waals surface area (Å²) in [6.07, 6.45) is 0. The molecule has 3 heterocycles. The maximum atomic E-state index is 12.7. The molecule has 10 heteroatoms. The number of thioether (sulfide) groups is 1. The van der Waals surface area contributed by atoms with Crippen molar-refractivity contribution in [3.05, 3.63) is 58.9 Å². The van der Waals surface area contributed by atoms with E-state index in [1.165, 1.54) is 23.1 Å². The summed E-state index contributed by atoms with van der Waals surface area (Å²) in [5.74, 6) is 0.144. The van der Waals surface area contributed by atoms with Crippen molar-refractivity contribution >= 4 is 46.3 Å². The van der Waals surface area contributed by atoms with Crippen molar-refractivity contribution < 1.29 is 14.3 Å². The highest BCUT2D eigenvalue weighted by atomic mass is 32.2. The van der Waals surface area contributed by atoms with Crippen molar-refractivity contribution in [1.29, 1.82) is 0 Å². The lowest BCUT2D eigenvalue weighted by molar-refractivity contribution is -0.113. The summed E-state index contributed by atoms with van der Waals surface area (Å²) in [5.41, 5.74) is 2.95. The molecule has 1 N–H and O–H groups in total. The number of fused-ring (bicyclic) bond motifs is 1. The first-order valence-electron chi connectivity index (χ1n) is 9.94. The third-order valence-electron chi connectivity index (χ3n) is 4.52. The highest BCUT2D eigenvalue weighted by molar-refractivity contribution is 7.99. The first kappa shape index (κ1) is 22.0. The third-order valence-corrected chi connectivity index (χ3v) is 6.61. The molecule has 8 nitrogen and oxygen atoms in total. The number of ether oxygens (including phenoxy) is 1. The van der Waals surface area contributed by atoms with Gasteiger partial charge in [-0.3, -0.25) is 9.20 Å². The summed E-state index contributed by atoms with van der Waals surface area (Å²) in [7, 11) is 0. The van der Waals surface area contributed by atoms with E-state index in [-0.39, 0.29) is 18.3 Å². The van der Waals surface area contributed by atoms with E-state index in [0.717, 1.165) is 22.0 Å². The van der Waals surface area contributed by atoms with Crippen LogP contribution in [0.3, 0.4) is 0 Å². The number of aryl methyl sites for hydroxylation is 2.